The van der Waals surface area contributed by atoms with Gasteiger partial charge in [0.05, 0.1) is 17.4 Å². The van der Waals surface area contributed by atoms with Gasteiger partial charge in [-0.3, -0.25) is 4.98 Å². The lowest BCUT2D eigenvalue weighted by Gasteiger charge is -2.29. The number of phenolic OH excluding ortho intramolecular Hbond substituents is 1. The summed E-state index contributed by atoms with van der Waals surface area (Å²) >= 11 is 5.67. The van der Waals surface area contributed by atoms with Crippen molar-refractivity contribution in [3.63, 3.8) is 0 Å². The van der Waals surface area contributed by atoms with E-state index in [1.54, 1.807) is 36.5 Å². The molecule has 5 rings (SSSR count). The smallest absolute Gasteiger partial charge is 0.174 e. The average Bonchev–Trinajstić information content (AvgIpc) is 3.40. The number of nitrogens with zero attached hydrogens (tertiary/aromatic N) is 3. The Morgan fingerprint density at radius 1 is 0.935 bits per heavy atom. The number of benzene rings is 2. The lowest BCUT2D eigenvalue weighted by molar-refractivity contribution is 0.475. The van der Waals surface area contributed by atoms with Crippen LogP contribution in [0.2, 0.25) is 0 Å². The molecule has 5 nitrogen and oxygen atoms in total. The molecule has 0 spiro atoms. The third kappa shape index (κ3) is 3.43. The minimum Gasteiger partial charge on any atom is -0.508 e. The molecule has 31 heavy (non-hydrogen) atoms. The number of halogens is 1. The fraction of sp³-hybridized carbons (Fsp3) is 0.0833. The van der Waals surface area contributed by atoms with Crippen LogP contribution in [-0.4, -0.2) is 19.8 Å². The van der Waals surface area contributed by atoms with E-state index in [2.05, 4.69) is 10.3 Å². The van der Waals surface area contributed by atoms with Crippen LogP contribution in [0.15, 0.2) is 91.3 Å². The zero-order valence-corrected chi connectivity index (χ0v) is 17.2. The average molecular weight is 431 g/mol. The van der Waals surface area contributed by atoms with Crippen molar-refractivity contribution >= 4 is 23.0 Å². The number of phenols is 1. The van der Waals surface area contributed by atoms with E-state index in [0.717, 1.165) is 17.1 Å². The van der Waals surface area contributed by atoms with E-state index in [4.69, 9.17) is 12.2 Å². The van der Waals surface area contributed by atoms with Gasteiger partial charge in [0.25, 0.3) is 0 Å². The predicted molar refractivity (Wildman–Crippen MR) is 122 cm³/mol. The van der Waals surface area contributed by atoms with Crippen LogP contribution in [0.3, 0.4) is 0 Å². The van der Waals surface area contributed by atoms with E-state index in [-0.39, 0.29) is 23.7 Å². The monoisotopic (exact) mass is 430 g/mol. The normalized spacial score (nSPS) is 18.2. The summed E-state index contributed by atoms with van der Waals surface area (Å²) in [5.41, 5.74) is 3.01. The molecule has 0 bridgehead atoms. The second-order valence-electron chi connectivity index (χ2n) is 7.27. The van der Waals surface area contributed by atoms with Crippen LogP contribution < -0.4 is 10.2 Å². The van der Waals surface area contributed by atoms with E-state index >= 15 is 0 Å². The maximum Gasteiger partial charge on any atom is 0.174 e. The topological polar surface area (TPSA) is 53.3 Å². The molecule has 2 atom stereocenters. The first-order valence-electron chi connectivity index (χ1n) is 9.85. The number of thiocarbonyl (C=S) groups is 1. The third-order valence-electron chi connectivity index (χ3n) is 5.42. The number of hydrogen-bond donors (Lipinski definition) is 2. The Morgan fingerprint density at radius 2 is 1.71 bits per heavy atom. The number of aromatic nitrogens is 2. The summed E-state index contributed by atoms with van der Waals surface area (Å²) in [4.78, 5) is 6.35. The molecular weight excluding hydrogens is 411 g/mol. The highest BCUT2D eigenvalue weighted by atomic mass is 32.1. The summed E-state index contributed by atoms with van der Waals surface area (Å²) in [7, 11) is 0. The Labute approximate surface area is 184 Å². The molecule has 2 N–H and O–H groups in total. The molecule has 2 aromatic carbocycles. The number of para-hydroxylation sites is 1. The molecule has 0 aliphatic carbocycles. The van der Waals surface area contributed by atoms with Crippen molar-refractivity contribution in [3.05, 3.63) is 108 Å². The van der Waals surface area contributed by atoms with Gasteiger partial charge in [-0.15, -0.1) is 0 Å². The van der Waals surface area contributed by atoms with Crippen LogP contribution in [0.25, 0.3) is 5.69 Å². The summed E-state index contributed by atoms with van der Waals surface area (Å²) in [6.45, 7) is 0. The van der Waals surface area contributed by atoms with E-state index in [9.17, 15) is 9.50 Å². The lowest BCUT2D eigenvalue weighted by Crippen LogP contribution is -2.31. The standard InChI is InChI=1S/C24H19FN4OS/c25-18-6-1-2-8-20(18)29-23(22(27-24(29)31)19-7-3-4-14-26-19)21-9-5-15-28(21)16-10-12-17(30)13-11-16/h1-15,22-23,30H,(H,27,31)/t22-,23+/m1/s1. The van der Waals surface area contributed by atoms with Crippen molar-refractivity contribution in [1.82, 2.24) is 14.9 Å². The first kappa shape index (κ1) is 19.3. The van der Waals surface area contributed by atoms with Gasteiger partial charge in [0.15, 0.2) is 5.11 Å². The first-order valence-corrected chi connectivity index (χ1v) is 10.3. The number of rotatable bonds is 4. The Kier molecular flexibility index (Phi) is 4.88. The number of hydrogen-bond acceptors (Lipinski definition) is 3. The fourth-order valence-corrected chi connectivity index (χ4v) is 4.38. The van der Waals surface area contributed by atoms with Crippen LogP contribution in [0.5, 0.6) is 5.75 Å². The van der Waals surface area contributed by atoms with Crippen molar-refractivity contribution < 1.29 is 9.50 Å². The Balaban J connectivity index is 1.68. The van der Waals surface area contributed by atoms with Crippen molar-refractivity contribution in [2.24, 2.45) is 0 Å². The molecule has 0 saturated carbocycles. The third-order valence-corrected chi connectivity index (χ3v) is 5.74. The van der Waals surface area contributed by atoms with Crippen LogP contribution >= 0.6 is 12.2 Å². The van der Waals surface area contributed by atoms with E-state index in [1.807, 2.05) is 58.1 Å². The van der Waals surface area contributed by atoms with Crippen molar-refractivity contribution in [2.75, 3.05) is 4.90 Å². The minimum absolute atomic E-state index is 0.195. The molecule has 7 heteroatoms. The summed E-state index contributed by atoms with van der Waals surface area (Å²) in [5, 5.41) is 13.5. The largest absolute Gasteiger partial charge is 0.508 e. The Hall–Kier alpha value is -3.71. The minimum atomic E-state index is -0.346. The van der Waals surface area contributed by atoms with Gasteiger partial charge in [-0.2, -0.15) is 0 Å². The molecule has 0 amide bonds. The van der Waals surface area contributed by atoms with E-state index in [1.165, 1.54) is 6.07 Å². The number of anilines is 1. The zero-order chi connectivity index (χ0) is 21.4. The number of pyridine rings is 1. The maximum absolute atomic E-state index is 14.8. The first-order chi connectivity index (χ1) is 15.1. The Morgan fingerprint density at radius 3 is 2.45 bits per heavy atom. The van der Waals surface area contributed by atoms with Gasteiger partial charge in [0.2, 0.25) is 0 Å². The summed E-state index contributed by atoms with van der Waals surface area (Å²) < 4.78 is 16.9. The summed E-state index contributed by atoms with van der Waals surface area (Å²) in [5.74, 6) is -0.151. The maximum atomic E-state index is 14.8. The summed E-state index contributed by atoms with van der Waals surface area (Å²) in [6, 6.07) is 22.6. The van der Waals surface area contributed by atoms with Gasteiger partial charge >= 0.3 is 0 Å². The van der Waals surface area contributed by atoms with Gasteiger partial charge < -0.3 is 19.9 Å². The van der Waals surface area contributed by atoms with Crippen molar-refractivity contribution in [1.29, 1.82) is 0 Å². The van der Waals surface area contributed by atoms with Crippen LogP contribution in [0.1, 0.15) is 23.5 Å². The molecule has 3 heterocycles. The van der Waals surface area contributed by atoms with Crippen LogP contribution in [0.4, 0.5) is 10.1 Å². The van der Waals surface area contributed by atoms with Gasteiger partial charge in [0.1, 0.15) is 17.6 Å². The predicted octanol–water partition coefficient (Wildman–Crippen LogP) is 4.89. The quantitative estimate of drug-likeness (QED) is 0.452. The van der Waals surface area contributed by atoms with Crippen LogP contribution in [0, 0.1) is 5.82 Å². The number of aromatic hydroxyl groups is 1. The zero-order valence-electron chi connectivity index (χ0n) is 16.4. The molecule has 2 aromatic heterocycles. The fourth-order valence-electron chi connectivity index (χ4n) is 4.05. The second kappa shape index (κ2) is 7.85. The molecule has 4 aromatic rings. The van der Waals surface area contributed by atoms with E-state index < -0.39 is 0 Å². The van der Waals surface area contributed by atoms with E-state index in [0.29, 0.717) is 10.8 Å². The van der Waals surface area contributed by atoms with Gasteiger partial charge in [0, 0.05) is 23.8 Å². The van der Waals surface area contributed by atoms with Gasteiger partial charge in [-0.25, -0.2) is 4.39 Å². The molecule has 1 saturated heterocycles. The molecule has 1 aliphatic heterocycles. The molecule has 1 aliphatic rings. The van der Waals surface area contributed by atoms with Crippen molar-refractivity contribution in [3.8, 4) is 11.4 Å². The second-order valence-corrected chi connectivity index (χ2v) is 7.65. The van der Waals surface area contributed by atoms with Gasteiger partial charge in [-0.05, 0) is 72.9 Å². The summed E-state index contributed by atoms with van der Waals surface area (Å²) in [6.07, 6.45) is 3.68. The lowest BCUT2D eigenvalue weighted by atomic mass is 10.0. The highest BCUT2D eigenvalue weighted by Crippen LogP contribution is 2.42. The van der Waals surface area contributed by atoms with Crippen molar-refractivity contribution in [2.45, 2.75) is 12.1 Å². The highest BCUT2D eigenvalue weighted by molar-refractivity contribution is 7.80. The SMILES string of the molecule is Oc1ccc(-n2cccc2[C@H]2[C@@H](c3ccccn3)NC(=S)N2c2ccccc2F)cc1. The molecular formula is C24H19FN4OS. The Bertz CT molecular complexity index is 1230. The number of nitrogens with one attached hydrogen (secondary N) is 1. The van der Waals surface area contributed by atoms with Gasteiger partial charge in [-0.1, -0.05) is 18.2 Å². The highest BCUT2D eigenvalue weighted by Gasteiger charge is 2.42. The molecule has 154 valence electrons. The molecule has 1 fully saturated rings. The molecule has 0 radical (unpaired) electrons. The molecule has 0 unspecified atom stereocenters. The van der Waals surface area contributed by atoms with Crippen LogP contribution in [-0.2, 0) is 0 Å².